The maximum absolute atomic E-state index is 10.8. The summed E-state index contributed by atoms with van der Waals surface area (Å²) in [4.78, 5) is 0. The number of quaternary nitrogens is 1. The zero-order chi connectivity index (χ0) is 9.26. The number of hydrogen-bond acceptors (Lipinski definition) is 2. The molecule has 0 aliphatic heterocycles. The molecule has 3 nitrogen and oxygen atoms in total. The van der Waals surface area contributed by atoms with E-state index in [4.69, 9.17) is 5.21 Å². The van der Waals surface area contributed by atoms with Crippen LogP contribution in [0.25, 0.3) is 10.8 Å². The minimum Gasteiger partial charge on any atom is -0.595 e. The Morgan fingerprint density at radius 1 is 1.00 bits per heavy atom. The van der Waals surface area contributed by atoms with Crippen LogP contribution in [0, 0.1) is 5.21 Å². The van der Waals surface area contributed by atoms with Crippen LogP contribution in [0.4, 0.5) is 5.69 Å². The third kappa shape index (κ3) is 1.40. The minimum atomic E-state index is -0.878. The molecule has 0 radical (unpaired) electrons. The Balaban J connectivity index is 2.76. The van der Waals surface area contributed by atoms with Crippen molar-refractivity contribution in [3.05, 3.63) is 47.7 Å². The van der Waals surface area contributed by atoms with E-state index in [1.807, 2.05) is 30.3 Å². The standard InChI is InChI=1S/C10H9NO2/c12-11(13)10-7-3-5-8-4-1-2-6-9(8)10/h1-7,11-12H. The maximum Gasteiger partial charge on any atom is 0.171 e. The molecule has 2 aromatic carbocycles. The first kappa shape index (κ1) is 8.19. The highest BCUT2D eigenvalue weighted by Gasteiger charge is 2.04. The van der Waals surface area contributed by atoms with Crippen molar-refractivity contribution in [2.24, 2.45) is 0 Å². The molecule has 66 valence electrons. The highest BCUT2D eigenvalue weighted by Crippen LogP contribution is 2.19. The number of nitrogens with one attached hydrogen (secondary N) is 1. The fourth-order valence-corrected chi connectivity index (χ4v) is 1.41. The van der Waals surface area contributed by atoms with Gasteiger partial charge in [-0.05, 0) is 11.5 Å². The number of benzene rings is 2. The zero-order valence-corrected chi connectivity index (χ0v) is 6.90. The molecule has 3 heteroatoms. The van der Waals surface area contributed by atoms with Gasteiger partial charge < -0.3 is 5.21 Å². The van der Waals surface area contributed by atoms with Crippen LogP contribution in [-0.2, 0) is 0 Å². The highest BCUT2D eigenvalue weighted by atomic mass is 16.8. The maximum atomic E-state index is 10.8. The Hall–Kier alpha value is -1.42. The van der Waals surface area contributed by atoms with Crippen molar-refractivity contribution in [3.63, 3.8) is 0 Å². The van der Waals surface area contributed by atoms with Crippen molar-refractivity contribution in [3.8, 4) is 0 Å². The normalized spacial score (nSPS) is 13.1. The molecule has 13 heavy (non-hydrogen) atoms. The Kier molecular flexibility index (Phi) is 1.98. The van der Waals surface area contributed by atoms with Crippen molar-refractivity contribution < 1.29 is 10.4 Å². The van der Waals surface area contributed by atoms with Crippen molar-refractivity contribution in [1.29, 1.82) is 0 Å². The van der Waals surface area contributed by atoms with E-state index in [9.17, 15) is 5.21 Å². The van der Waals surface area contributed by atoms with Crippen LogP contribution < -0.4 is 5.23 Å². The Labute approximate surface area is 75.4 Å². The first-order chi connectivity index (χ1) is 6.29. The van der Waals surface area contributed by atoms with Crippen LogP contribution in [0.1, 0.15) is 0 Å². The number of rotatable bonds is 1. The smallest absolute Gasteiger partial charge is 0.171 e. The van der Waals surface area contributed by atoms with Gasteiger partial charge in [-0.2, -0.15) is 5.23 Å². The zero-order valence-electron chi connectivity index (χ0n) is 6.90. The van der Waals surface area contributed by atoms with E-state index in [2.05, 4.69) is 0 Å². The van der Waals surface area contributed by atoms with Crippen LogP contribution in [0.5, 0.6) is 0 Å². The lowest BCUT2D eigenvalue weighted by molar-refractivity contribution is -0.990. The average Bonchev–Trinajstić information content (AvgIpc) is 2.17. The van der Waals surface area contributed by atoms with Gasteiger partial charge in [0.15, 0.2) is 5.69 Å². The topological polar surface area (TPSA) is 47.7 Å². The van der Waals surface area contributed by atoms with Crippen LogP contribution in [-0.4, -0.2) is 5.21 Å². The van der Waals surface area contributed by atoms with Crippen molar-refractivity contribution >= 4 is 16.5 Å². The van der Waals surface area contributed by atoms with E-state index >= 15 is 0 Å². The van der Waals surface area contributed by atoms with Gasteiger partial charge in [-0.15, -0.1) is 0 Å². The number of fused-ring (bicyclic) bond motifs is 1. The van der Waals surface area contributed by atoms with Gasteiger partial charge in [0.05, 0.1) is 0 Å². The molecule has 0 aliphatic carbocycles. The Morgan fingerprint density at radius 3 is 2.46 bits per heavy atom. The van der Waals surface area contributed by atoms with Gasteiger partial charge in [0.25, 0.3) is 0 Å². The molecule has 0 amide bonds. The summed E-state index contributed by atoms with van der Waals surface area (Å²) in [6, 6.07) is 12.7. The number of hydrogen-bond donors (Lipinski definition) is 2. The SMILES string of the molecule is [O-][NH+](O)c1cccc2ccccc12. The molecule has 0 saturated heterocycles. The minimum absolute atomic E-state index is 0.359. The van der Waals surface area contributed by atoms with E-state index in [-0.39, 0.29) is 0 Å². The molecular weight excluding hydrogens is 166 g/mol. The lowest BCUT2D eigenvalue weighted by Crippen LogP contribution is -2.99. The molecule has 0 aliphatic rings. The highest BCUT2D eigenvalue weighted by molar-refractivity contribution is 5.90. The monoisotopic (exact) mass is 175 g/mol. The average molecular weight is 175 g/mol. The van der Waals surface area contributed by atoms with Gasteiger partial charge in [0.1, 0.15) is 0 Å². The van der Waals surface area contributed by atoms with Gasteiger partial charge in [-0.3, -0.25) is 0 Å². The summed E-state index contributed by atoms with van der Waals surface area (Å²) in [7, 11) is 0. The quantitative estimate of drug-likeness (QED) is 0.640. The van der Waals surface area contributed by atoms with E-state index < -0.39 is 5.23 Å². The molecule has 1 atom stereocenters. The fraction of sp³-hybridized carbons (Fsp3) is 0. The van der Waals surface area contributed by atoms with Crippen LogP contribution >= 0.6 is 0 Å². The largest absolute Gasteiger partial charge is 0.595 e. The van der Waals surface area contributed by atoms with Gasteiger partial charge in [0, 0.05) is 11.5 Å². The first-order valence-electron chi connectivity index (χ1n) is 4.00. The van der Waals surface area contributed by atoms with Gasteiger partial charge in [0.2, 0.25) is 0 Å². The van der Waals surface area contributed by atoms with E-state index in [0.717, 1.165) is 10.8 Å². The van der Waals surface area contributed by atoms with E-state index in [0.29, 0.717) is 5.69 Å². The van der Waals surface area contributed by atoms with Crippen LogP contribution in [0.2, 0.25) is 0 Å². The second-order valence-corrected chi connectivity index (χ2v) is 2.83. The summed E-state index contributed by atoms with van der Waals surface area (Å²) in [5, 5.41) is 20.6. The van der Waals surface area contributed by atoms with Gasteiger partial charge in [-0.1, -0.05) is 30.3 Å². The molecule has 0 fully saturated rings. The Bertz CT molecular complexity index is 421. The van der Waals surface area contributed by atoms with Gasteiger partial charge in [-0.25, -0.2) is 5.21 Å². The lowest BCUT2D eigenvalue weighted by atomic mass is 10.1. The summed E-state index contributed by atoms with van der Waals surface area (Å²) in [5.41, 5.74) is 0.359. The molecular formula is C10H9NO2. The Morgan fingerprint density at radius 2 is 1.69 bits per heavy atom. The van der Waals surface area contributed by atoms with E-state index in [1.54, 1.807) is 12.1 Å². The molecule has 0 aromatic heterocycles. The molecule has 0 bridgehead atoms. The third-order valence-corrected chi connectivity index (χ3v) is 2.02. The fourth-order valence-electron chi connectivity index (χ4n) is 1.41. The van der Waals surface area contributed by atoms with Crippen molar-refractivity contribution in [2.75, 3.05) is 0 Å². The second kappa shape index (κ2) is 3.14. The first-order valence-corrected chi connectivity index (χ1v) is 4.00. The lowest BCUT2D eigenvalue weighted by Gasteiger charge is -2.13. The van der Waals surface area contributed by atoms with Crippen LogP contribution in [0.3, 0.4) is 0 Å². The molecule has 1 unspecified atom stereocenters. The predicted molar refractivity (Wildman–Crippen MR) is 49.7 cm³/mol. The van der Waals surface area contributed by atoms with Crippen LogP contribution in [0.15, 0.2) is 42.5 Å². The van der Waals surface area contributed by atoms with Gasteiger partial charge >= 0.3 is 0 Å². The summed E-state index contributed by atoms with van der Waals surface area (Å²) in [5.74, 6) is 0. The predicted octanol–water partition coefficient (Wildman–Crippen LogP) is 1.24. The molecule has 2 aromatic rings. The summed E-state index contributed by atoms with van der Waals surface area (Å²) >= 11 is 0. The summed E-state index contributed by atoms with van der Waals surface area (Å²) in [6.45, 7) is 0. The summed E-state index contributed by atoms with van der Waals surface area (Å²) < 4.78 is 0. The molecule has 2 rings (SSSR count). The van der Waals surface area contributed by atoms with E-state index in [1.165, 1.54) is 0 Å². The molecule has 2 N–H and O–H groups in total. The third-order valence-electron chi connectivity index (χ3n) is 2.02. The van der Waals surface area contributed by atoms with Crippen molar-refractivity contribution in [2.45, 2.75) is 0 Å². The second-order valence-electron chi connectivity index (χ2n) is 2.83. The summed E-state index contributed by atoms with van der Waals surface area (Å²) in [6.07, 6.45) is 0. The van der Waals surface area contributed by atoms with Crippen molar-refractivity contribution in [1.82, 2.24) is 0 Å². The molecule has 0 saturated carbocycles. The molecule has 0 spiro atoms. The molecule has 0 heterocycles.